The van der Waals surface area contributed by atoms with E-state index in [2.05, 4.69) is 0 Å². The van der Waals surface area contributed by atoms with Gasteiger partial charge in [0.05, 0.1) is 12.5 Å². The summed E-state index contributed by atoms with van der Waals surface area (Å²) in [5.41, 5.74) is 1.95. The van der Waals surface area contributed by atoms with E-state index in [-0.39, 0.29) is 6.42 Å². The Hall–Kier alpha value is -2.38. The third kappa shape index (κ3) is 2.95. The van der Waals surface area contributed by atoms with E-state index in [0.29, 0.717) is 11.1 Å². The van der Waals surface area contributed by atoms with Gasteiger partial charge in [-0.3, -0.25) is 10.1 Å². The zero-order valence-electron chi connectivity index (χ0n) is 10.5. The quantitative estimate of drug-likeness (QED) is 0.368. The molecule has 100 valence electrons. The number of rotatable bonds is 3. The van der Waals surface area contributed by atoms with E-state index in [4.69, 9.17) is 16.9 Å². The minimum Gasteiger partial charge on any atom is -0.262 e. The fourth-order valence-corrected chi connectivity index (χ4v) is 2.06. The van der Waals surface area contributed by atoms with Crippen molar-refractivity contribution in [1.29, 1.82) is 5.26 Å². The molecule has 2 rings (SSSR count). The Morgan fingerprint density at radius 3 is 2.65 bits per heavy atom. The smallest absolute Gasteiger partial charge is 0.262 e. The molecule has 0 saturated heterocycles. The molecule has 1 unspecified atom stereocenters. The Labute approximate surface area is 121 Å². The molecule has 0 saturated carbocycles. The molecule has 1 aliphatic rings. The van der Waals surface area contributed by atoms with E-state index in [1.807, 2.05) is 42.5 Å². The van der Waals surface area contributed by atoms with Gasteiger partial charge < -0.3 is 0 Å². The van der Waals surface area contributed by atoms with Crippen molar-refractivity contribution in [3.8, 4) is 6.07 Å². The van der Waals surface area contributed by atoms with Crippen LogP contribution in [0.15, 0.2) is 59.7 Å². The fourth-order valence-electron chi connectivity index (χ4n) is 1.86. The van der Waals surface area contributed by atoms with Crippen LogP contribution in [0.3, 0.4) is 0 Å². The van der Waals surface area contributed by atoms with Crippen LogP contribution in [-0.4, -0.2) is 9.92 Å². The molecule has 1 aromatic rings. The molecule has 0 amide bonds. The topological polar surface area (TPSA) is 66.9 Å². The van der Waals surface area contributed by atoms with Gasteiger partial charge in [0.2, 0.25) is 0 Å². The van der Waals surface area contributed by atoms with Crippen LogP contribution in [0.1, 0.15) is 12.0 Å². The normalized spacial score (nSPS) is 22.0. The Morgan fingerprint density at radius 2 is 2.05 bits per heavy atom. The van der Waals surface area contributed by atoms with Crippen molar-refractivity contribution < 1.29 is 4.92 Å². The molecule has 1 atom stereocenters. The molecule has 0 radical (unpaired) electrons. The highest BCUT2D eigenvalue weighted by atomic mass is 35.5. The number of hydrogen-bond donors (Lipinski definition) is 0. The SMILES string of the molecule is N#CC1=C(C=Cc2ccccc2)C=CC(Cl)([N+](=O)[O-])C1. The predicted molar refractivity (Wildman–Crippen MR) is 77.5 cm³/mol. The standard InChI is InChI=1S/C15H11ClN2O2/c16-15(18(19)20)9-8-13(14(10-15)11-17)7-6-12-4-2-1-3-5-12/h1-9H,10H2. The van der Waals surface area contributed by atoms with Crippen molar-refractivity contribution in [3.63, 3.8) is 0 Å². The first-order valence-corrected chi connectivity index (χ1v) is 6.32. The first-order chi connectivity index (χ1) is 9.55. The molecule has 0 aliphatic heterocycles. The van der Waals surface area contributed by atoms with E-state index >= 15 is 0 Å². The number of alkyl halides is 1. The monoisotopic (exact) mass is 286 g/mol. The third-order valence-electron chi connectivity index (χ3n) is 2.98. The minimum atomic E-state index is -1.71. The molecular weight excluding hydrogens is 276 g/mol. The zero-order chi connectivity index (χ0) is 14.6. The molecule has 0 aromatic heterocycles. The summed E-state index contributed by atoms with van der Waals surface area (Å²) in [6.45, 7) is 0. The summed E-state index contributed by atoms with van der Waals surface area (Å²) in [6, 6.07) is 11.6. The predicted octanol–water partition coefficient (Wildman–Crippen LogP) is 3.69. The number of nitriles is 1. The van der Waals surface area contributed by atoms with Gasteiger partial charge in [0, 0.05) is 16.6 Å². The van der Waals surface area contributed by atoms with Crippen LogP contribution in [0.4, 0.5) is 0 Å². The van der Waals surface area contributed by atoms with E-state index in [0.717, 1.165) is 5.56 Å². The second-order valence-corrected chi connectivity index (χ2v) is 5.03. The molecule has 1 aliphatic carbocycles. The van der Waals surface area contributed by atoms with Crippen molar-refractivity contribution in [1.82, 2.24) is 0 Å². The highest BCUT2D eigenvalue weighted by Gasteiger charge is 2.41. The van der Waals surface area contributed by atoms with Gasteiger partial charge in [-0.15, -0.1) is 0 Å². The van der Waals surface area contributed by atoms with Gasteiger partial charge in [0.1, 0.15) is 0 Å². The summed E-state index contributed by atoms with van der Waals surface area (Å²) < 4.78 is 0. The van der Waals surface area contributed by atoms with E-state index in [1.165, 1.54) is 12.2 Å². The average molecular weight is 287 g/mol. The lowest BCUT2D eigenvalue weighted by molar-refractivity contribution is -0.527. The Morgan fingerprint density at radius 1 is 1.35 bits per heavy atom. The molecule has 0 spiro atoms. The lowest BCUT2D eigenvalue weighted by Crippen LogP contribution is -2.31. The van der Waals surface area contributed by atoms with E-state index in [9.17, 15) is 10.1 Å². The first kappa shape index (κ1) is 14.0. The lowest BCUT2D eigenvalue weighted by atomic mass is 9.94. The maximum absolute atomic E-state index is 10.9. The number of halogens is 1. The van der Waals surface area contributed by atoms with Crippen LogP contribution in [-0.2, 0) is 0 Å². The van der Waals surface area contributed by atoms with Crippen LogP contribution in [0.2, 0.25) is 0 Å². The van der Waals surface area contributed by atoms with Crippen LogP contribution in [0.5, 0.6) is 0 Å². The van der Waals surface area contributed by atoms with Crippen molar-refractivity contribution in [2.24, 2.45) is 0 Å². The maximum atomic E-state index is 10.9. The molecule has 5 heteroatoms. The van der Waals surface area contributed by atoms with Gasteiger partial charge in [-0.2, -0.15) is 5.26 Å². The molecule has 4 nitrogen and oxygen atoms in total. The highest BCUT2D eigenvalue weighted by molar-refractivity contribution is 6.24. The van der Waals surface area contributed by atoms with Gasteiger partial charge >= 0.3 is 5.00 Å². The van der Waals surface area contributed by atoms with Crippen molar-refractivity contribution >= 4 is 17.7 Å². The highest BCUT2D eigenvalue weighted by Crippen LogP contribution is 2.33. The number of hydrogen-bond acceptors (Lipinski definition) is 3. The number of nitro groups is 1. The summed E-state index contributed by atoms with van der Waals surface area (Å²) >= 11 is 5.87. The van der Waals surface area contributed by atoms with Crippen LogP contribution in [0.25, 0.3) is 6.08 Å². The average Bonchev–Trinajstić information content (AvgIpc) is 2.47. The first-order valence-electron chi connectivity index (χ1n) is 5.94. The molecule has 0 N–H and O–H groups in total. The summed E-state index contributed by atoms with van der Waals surface area (Å²) in [5, 5.41) is 20.0. The van der Waals surface area contributed by atoms with Gasteiger partial charge in [-0.05, 0) is 28.8 Å². The van der Waals surface area contributed by atoms with E-state index < -0.39 is 9.92 Å². The molecule has 0 heterocycles. The van der Waals surface area contributed by atoms with Crippen LogP contribution < -0.4 is 0 Å². The van der Waals surface area contributed by atoms with Gasteiger partial charge in [-0.25, -0.2) is 0 Å². The molecular formula is C15H11ClN2O2. The van der Waals surface area contributed by atoms with Crippen LogP contribution >= 0.6 is 11.6 Å². The number of benzene rings is 1. The summed E-state index contributed by atoms with van der Waals surface area (Å²) in [6.07, 6.45) is 6.35. The fraction of sp³-hybridized carbons (Fsp3) is 0.133. The number of allylic oxidation sites excluding steroid dienone is 3. The Bertz CT molecular complexity index is 656. The molecule has 0 fully saturated rings. The minimum absolute atomic E-state index is 0.108. The Balaban J connectivity index is 2.27. The third-order valence-corrected chi connectivity index (χ3v) is 3.38. The zero-order valence-corrected chi connectivity index (χ0v) is 11.2. The van der Waals surface area contributed by atoms with E-state index in [1.54, 1.807) is 6.08 Å². The van der Waals surface area contributed by atoms with Gasteiger partial charge in [-0.1, -0.05) is 42.5 Å². The second-order valence-electron chi connectivity index (χ2n) is 4.38. The largest absolute Gasteiger partial charge is 0.318 e. The van der Waals surface area contributed by atoms with Crippen LogP contribution in [0, 0.1) is 21.4 Å². The van der Waals surface area contributed by atoms with Gasteiger partial charge in [0.15, 0.2) is 0 Å². The Kier molecular flexibility index (Phi) is 4.02. The van der Waals surface area contributed by atoms with Gasteiger partial charge in [0.25, 0.3) is 0 Å². The molecule has 20 heavy (non-hydrogen) atoms. The molecule has 1 aromatic carbocycles. The molecule has 0 bridgehead atoms. The number of nitrogens with zero attached hydrogens (tertiary/aromatic N) is 2. The summed E-state index contributed by atoms with van der Waals surface area (Å²) in [4.78, 5) is 8.60. The maximum Gasteiger partial charge on any atom is 0.318 e. The lowest BCUT2D eigenvalue weighted by Gasteiger charge is -2.18. The van der Waals surface area contributed by atoms with Crippen molar-refractivity contribution in [2.45, 2.75) is 11.4 Å². The summed E-state index contributed by atoms with van der Waals surface area (Å²) in [5.74, 6) is 0. The van der Waals surface area contributed by atoms with Crippen molar-refractivity contribution in [3.05, 3.63) is 75.4 Å². The summed E-state index contributed by atoms with van der Waals surface area (Å²) in [7, 11) is 0. The second kappa shape index (κ2) is 5.72. The van der Waals surface area contributed by atoms with Crippen molar-refractivity contribution in [2.75, 3.05) is 0 Å².